The van der Waals surface area contributed by atoms with E-state index in [1.54, 1.807) is 17.3 Å². The molecule has 1 saturated heterocycles. The number of hydrogen-bond donors (Lipinski definition) is 1. The van der Waals surface area contributed by atoms with E-state index in [-0.39, 0.29) is 0 Å². The number of benzene rings is 1. The van der Waals surface area contributed by atoms with Crippen LogP contribution in [-0.4, -0.2) is 32.3 Å². The topological polar surface area (TPSA) is 42.7 Å². The van der Waals surface area contributed by atoms with Crippen LogP contribution in [0.1, 0.15) is 6.42 Å². The molecule has 0 aliphatic carbocycles. The molecule has 0 saturated carbocycles. The van der Waals surface area contributed by atoms with Crippen molar-refractivity contribution in [3.8, 4) is 5.69 Å². The van der Waals surface area contributed by atoms with E-state index in [1.807, 2.05) is 11.8 Å². The van der Waals surface area contributed by atoms with Crippen LogP contribution in [0, 0.1) is 0 Å². The second-order valence-electron chi connectivity index (χ2n) is 4.09. The monoisotopic (exact) mass is 246 g/mol. The van der Waals surface area contributed by atoms with Crippen molar-refractivity contribution in [2.45, 2.75) is 12.5 Å². The highest BCUT2D eigenvalue weighted by Gasteiger charge is 2.14. The summed E-state index contributed by atoms with van der Waals surface area (Å²) in [4.78, 5) is 3.94. The average Bonchev–Trinajstić information content (AvgIpc) is 3.01. The van der Waals surface area contributed by atoms with Gasteiger partial charge in [0.25, 0.3) is 0 Å². The molecule has 1 unspecified atom stereocenters. The summed E-state index contributed by atoms with van der Waals surface area (Å²) in [5, 5.41) is 7.65. The molecule has 0 radical (unpaired) electrons. The Balaban J connectivity index is 1.71. The number of anilines is 1. The second kappa shape index (κ2) is 4.79. The largest absolute Gasteiger partial charge is 0.381 e. The Morgan fingerprint density at radius 3 is 2.82 bits per heavy atom. The molecule has 5 heteroatoms. The Kier molecular flexibility index (Phi) is 3.00. The average molecular weight is 246 g/mol. The molecule has 88 valence electrons. The van der Waals surface area contributed by atoms with Crippen LogP contribution in [0.25, 0.3) is 5.69 Å². The zero-order valence-electron chi connectivity index (χ0n) is 9.41. The highest BCUT2D eigenvalue weighted by atomic mass is 32.2. The number of hydrogen-bond acceptors (Lipinski definition) is 4. The third-order valence-electron chi connectivity index (χ3n) is 2.85. The van der Waals surface area contributed by atoms with Crippen molar-refractivity contribution in [1.29, 1.82) is 0 Å². The van der Waals surface area contributed by atoms with Gasteiger partial charge in [0.05, 0.1) is 5.69 Å². The molecule has 2 heterocycles. The van der Waals surface area contributed by atoms with Crippen LogP contribution in [0.3, 0.4) is 0 Å². The van der Waals surface area contributed by atoms with Gasteiger partial charge in [0, 0.05) is 17.5 Å². The van der Waals surface area contributed by atoms with Gasteiger partial charge < -0.3 is 5.32 Å². The lowest BCUT2D eigenvalue weighted by Crippen LogP contribution is -2.17. The summed E-state index contributed by atoms with van der Waals surface area (Å²) in [5.41, 5.74) is 2.22. The molecule has 17 heavy (non-hydrogen) atoms. The van der Waals surface area contributed by atoms with Crippen molar-refractivity contribution in [2.75, 3.05) is 16.8 Å². The maximum Gasteiger partial charge on any atom is 0.138 e. The third kappa shape index (κ3) is 2.44. The van der Waals surface area contributed by atoms with Crippen molar-refractivity contribution in [2.24, 2.45) is 0 Å². The molecule has 2 aromatic rings. The van der Waals surface area contributed by atoms with E-state index in [0.717, 1.165) is 5.69 Å². The van der Waals surface area contributed by atoms with Gasteiger partial charge in [-0.1, -0.05) is 0 Å². The number of nitrogens with one attached hydrogen (secondary N) is 1. The van der Waals surface area contributed by atoms with Crippen LogP contribution in [0.2, 0.25) is 0 Å². The molecule has 0 amide bonds. The van der Waals surface area contributed by atoms with Gasteiger partial charge in [-0.3, -0.25) is 0 Å². The SMILES string of the molecule is c1ncn(-c2ccc(NC3CCSC3)cc2)n1. The molecule has 3 rings (SSSR count). The summed E-state index contributed by atoms with van der Waals surface area (Å²) in [6.07, 6.45) is 4.51. The molecular weight excluding hydrogens is 232 g/mol. The molecule has 1 aliphatic rings. The fourth-order valence-corrected chi connectivity index (χ4v) is 3.09. The van der Waals surface area contributed by atoms with E-state index >= 15 is 0 Å². The molecule has 1 N–H and O–H groups in total. The van der Waals surface area contributed by atoms with Gasteiger partial charge in [0.1, 0.15) is 12.7 Å². The van der Waals surface area contributed by atoms with Crippen LogP contribution in [0.4, 0.5) is 5.69 Å². The maximum absolute atomic E-state index is 4.10. The highest BCUT2D eigenvalue weighted by molar-refractivity contribution is 7.99. The Bertz CT molecular complexity index is 460. The zero-order chi connectivity index (χ0) is 11.5. The van der Waals surface area contributed by atoms with Crippen molar-refractivity contribution in [3.63, 3.8) is 0 Å². The van der Waals surface area contributed by atoms with Gasteiger partial charge in [-0.15, -0.1) is 0 Å². The lowest BCUT2D eigenvalue weighted by atomic mass is 10.2. The van der Waals surface area contributed by atoms with E-state index < -0.39 is 0 Å². The van der Waals surface area contributed by atoms with Crippen molar-refractivity contribution < 1.29 is 0 Å². The summed E-state index contributed by atoms with van der Waals surface area (Å²) in [7, 11) is 0. The zero-order valence-corrected chi connectivity index (χ0v) is 10.2. The summed E-state index contributed by atoms with van der Waals surface area (Å²) < 4.78 is 1.76. The normalized spacial score (nSPS) is 19.4. The summed E-state index contributed by atoms with van der Waals surface area (Å²) in [6.45, 7) is 0. The molecule has 1 fully saturated rings. The third-order valence-corrected chi connectivity index (χ3v) is 4.01. The molecule has 4 nitrogen and oxygen atoms in total. The fraction of sp³-hybridized carbons (Fsp3) is 0.333. The smallest absolute Gasteiger partial charge is 0.138 e. The van der Waals surface area contributed by atoms with Gasteiger partial charge in [0.15, 0.2) is 0 Å². The lowest BCUT2D eigenvalue weighted by Gasteiger charge is -2.13. The summed E-state index contributed by atoms with van der Waals surface area (Å²) in [6, 6.07) is 8.93. The first-order chi connectivity index (χ1) is 8.42. The predicted molar refractivity (Wildman–Crippen MR) is 70.7 cm³/mol. The highest BCUT2D eigenvalue weighted by Crippen LogP contribution is 2.21. The molecule has 1 aromatic heterocycles. The standard InChI is InChI=1S/C12H14N4S/c1-3-12(16-9-13-8-14-16)4-2-10(1)15-11-5-6-17-7-11/h1-4,8-9,11,15H,5-7H2. The fourth-order valence-electron chi connectivity index (χ4n) is 1.94. The van der Waals surface area contributed by atoms with Gasteiger partial charge in [-0.05, 0) is 36.4 Å². The minimum absolute atomic E-state index is 0.622. The lowest BCUT2D eigenvalue weighted by molar-refractivity contribution is 0.812. The van der Waals surface area contributed by atoms with Crippen molar-refractivity contribution >= 4 is 17.4 Å². The number of nitrogens with zero attached hydrogens (tertiary/aromatic N) is 3. The predicted octanol–water partition coefficient (Wildman–Crippen LogP) is 2.18. The van der Waals surface area contributed by atoms with Crippen molar-refractivity contribution in [3.05, 3.63) is 36.9 Å². The Labute approximate surface area is 104 Å². The van der Waals surface area contributed by atoms with Gasteiger partial charge in [0.2, 0.25) is 0 Å². The molecule has 1 aliphatic heterocycles. The minimum atomic E-state index is 0.622. The first-order valence-electron chi connectivity index (χ1n) is 5.71. The van der Waals surface area contributed by atoms with Crippen LogP contribution >= 0.6 is 11.8 Å². The molecule has 1 atom stereocenters. The van der Waals surface area contributed by atoms with Crippen LogP contribution < -0.4 is 5.32 Å². The van der Waals surface area contributed by atoms with E-state index in [4.69, 9.17) is 0 Å². The van der Waals surface area contributed by atoms with Gasteiger partial charge in [-0.25, -0.2) is 9.67 Å². The van der Waals surface area contributed by atoms with Crippen molar-refractivity contribution in [1.82, 2.24) is 14.8 Å². The van der Waals surface area contributed by atoms with Gasteiger partial charge in [-0.2, -0.15) is 16.9 Å². The van der Waals surface area contributed by atoms with E-state index in [0.29, 0.717) is 6.04 Å². The molecule has 0 spiro atoms. The van der Waals surface area contributed by atoms with Crippen LogP contribution in [0.5, 0.6) is 0 Å². The number of rotatable bonds is 3. The molecular formula is C12H14N4S. The first-order valence-corrected chi connectivity index (χ1v) is 6.86. The summed E-state index contributed by atoms with van der Waals surface area (Å²) >= 11 is 2.02. The Morgan fingerprint density at radius 1 is 1.29 bits per heavy atom. The first kappa shape index (κ1) is 10.7. The quantitative estimate of drug-likeness (QED) is 0.901. The number of thioether (sulfide) groups is 1. The maximum atomic E-state index is 4.10. The van der Waals surface area contributed by atoms with Gasteiger partial charge >= 0.3 is 0 Å². The molecule has 1 aromatic carbocycles. The van der Waals surface area contributed by atoms with E-state index in [2.05, 4.69) is 39.7 Å². The van der Waals surface area contributed by atoms with E-state index in [1.165, 1.54) is 23.6 Å². The molecule has 0 bridgehead atoms. The van der Waals surface area contributed by atoms with Crippen LogP contribution in [-0.2, 0) is 0 Å². The van der Waals surface area contributed by atoms with E-state index in [9.17, 15) is 0 Å². The summed E-state index contributed by atoms with van der Waals surface area (Å²) in [5.74, 6) is 2.49. The Morgan fingerprint density at radius 2 is 2.18 bits per heavy atom. The Hall–Kier alpha value is -1.49. The van der Waals surface area contributed by atoms with Crippen LogP contribution in [0.15, 0.2) is 36.9 Å². The number of aromatic nitrogens is 3. The minimum Gasteiger partial charge on any atom is -0.381 e. The second-order valence-corrected chi connectivity index (χ2v) is 5.24.